The number of aryl methyl sites for hydroxylation is 2. The van der Waals surface area contributed by atoms with Gasteiger partial charge >= 0.3 is 0 Å². The van der Waals surface area contributed by atoms with Gasteiger partial charge in [-0.3, -0.25) is 4.79 Å². The Hall–Kier alpha value is -2.54. The number of rotatable bonds is 6. The normalized spacial score (nSPS) is 10.8. The van der Waals surface area contributed by atoms with E-state index < -0.39 is 5.91 Å². The molecule has 0 aliphatic heterocycles. The van der Waals surface area contributed by atoms with Crippen LogP contribution in [0.25, 0.3) is 0 Å². The molecule has 0 bridgehead atoms. The second-order valence-corrected chi connectivity index (χ2v) is 5.08. The Bertz CT molecular complexity index is 708. The molecule has 0 fully saturated rings. The maximum Gasteiger partial charge on any atom is 0.270 e. The summed E-state index contributed by atoms with van der Waals surface area (Å²) >= 11 is 5.89. The number of hydrogen-bond acceptors (Lipinski definition) is 6. The van der Waals surface area contributed by atoms with Crippen LogP contribution in [-0.4, -0.2) is 24.4 Å². The summed E-state index contributed by atoms with van der Waals surface area (Å²) in [6, 6.07) is 4.90. The molecular weight excluding hydrogens is 322 g/mol. The van der Waals surface area contributed by atoms with Crippen molar-refractivity contribution >= 4 is 29.4 Å². The van der Waals surface area contributed by atoms with Crippen LogP contribution >= 0.6 is 11.6 Å². The number of oxime groups is 1. The SMILES string of the molecule is COc1ccc(Cl)cc1NC(=O)C=NOCc1c(C)noc1C. The Morgan fingerprint density at radius 2 is 2.26 bits per heavy atom. The van der Waals surface area contributed by atoms with E-state index in [-0.39, 0.29) is 6.61 Å². The van der Waals surface area contributed by atoms with E-state index >= 15 is 0 Å². The summed E-state index contributed by atoms with van der Waals surface area (Å²) in [6.07, 6.45) is 1.03. The lowest BCUT2D eigenvalue weighted by Gasteiger charge is -2.08. The van der Waals surface area contributed by atoms with Crippen LogP contribution in [0.4, 0.5) is 5.69 Å². The van der Waals surface area contributed by atoms with Crippen LogP contribution < -0.4 is 10.1 Å². The highest BCUT2D eigenvalue weighted by atomic mass is 35.5. The van der Waals surface area contributed by atoms with Crippen molar-refractivity contribution in [2.75, 3.05) is 12.4 Å². The molecule has 8 heteroatoms. The highest BCUT2D eigenvalue weighted by molar-refractivity contribution is 6.33. The van der Waals surface area contributed by atoms with E-state index in [9.17, 15) is 4.79 Å². The summed E-state index contributed by atoms with van der Waals surface area (Å²) in [7, 11) is 1.50. The van der Waals surface area contributed by atoms with E-state index in [1.165, 1.54) is 7.11 Å². The predicted octanol–water partition coefficient (Wildman–Crippen LogP) is 3.09. The first-order valence-corrected chi connectivity index (χ1v) is 7.10. The van der Waals surface area contributed by atoms with Gasteiger partial charge < -0.3 is 19.4 Å². The summed E-state index contributed by atoms with van der Waals surface area (Å²) in [5, 5.41) is 10.5. The Labute approximate surface area is 138 Å². The Kier molecular flexibility index (Phi) is 5.59. The zero-order valence-electron chi connectivity index (χ0n) is 12.9. The predicted molar refractivity (Wildman–Crippen MR) is 85.9 cm³/mol. The first kappa shape index (κ1) is 16.8. The van der Waals surface area contributed by atoms with E-state index in [0.29, 0.717) is 22.2 Å². The Morgan fingerprint density at radius 1 is 1.48 bits per heavy atom. The Morgan fingerprint density at radius 3 is 2.91 bits per heavy atom. The van der Waals surface area contributed by atoms with Crippen molar-refractivity contribution in [2.45, 2.75) is 20.5 Å². The molecule has 0 radical (unpaired) electrons. The van der Waals surface area contributed by atoms with Crippen molar-refractivity contribution in [3.63, 3.8) is 0 Å². The van der Waals surface area contributed by atoms with Crippen LogP contribution in [0, 0.1) is 13.8 Å². The summed E-state index contributed by atoms with van der Waals surface area (Å²) < 4.78 is 10.1. The first-order valence-electron chi connectivity index (χ1n) is 6.73. The molecule has 122 valence electrons. The maximum atomic E-state index is 11.8. The van der Waals surface area contributed by atoms with Crippen molar-refractivity contribution < 1.29 is 18.9 Å². The minimum Gasteiger partial charge on any atom is -0.495 e. The smallest absolute Gasteiger partial charge is 0.270 e. The lowest BCUT2D eigenvalue weighted by Crippen LogP contribution is -2.13. The molecule has 2 rings (SSSR count). The van der Waals surface area contributed by atoms with Crippen molar-refractivity contribution in [3.8, 4) is 5.75 Å². The number of carbonyl (C=O) groups excluding carboxylic acids is 1. The molecule has 0 saturated heterocycles. The van der Waals surface area contributed by atoms with Crippen LogP contribution in [0.1, 0.15) is 17.0 Å². The van der Waals surface area contributed by atoms with Crippen molar-refractivity contribution in [1.29, 1.82) is 0 Å². The molecule has 0 unspecified atom stereocenters. The molecule has 0 saturated carbocycles. The van der Waals surface area contributed by atoms with Gasteiger partial charge in [-0.1, -0.05) is 21.9 Å². The maximum absolute atomic E-state index is 11.8. The molecule has 1 aromatic heterocycles. The van der Waals surface area contributed by atoms with E-state index in [1.807, 2.05) is 0 Å². The highest BCUT2D eigenvalue weighted by Gasteiger charge is 2.09. The molecule has 1 amide bonds. The molecule has 1 heterocycles. The molecule has 1 N–H and O–H groups in total. The van der Waals surface area contributed by atoms with Gasteiger partial charge in [0.05, 0.1) is 24.1 Å². The quantitative estimate of drug-likeness (QED) is 0.646. The topological polar surface area (TPSA) is 86.0 Å². The summed E-state index contributed by atoms with van der Waals surface area (Å²) in [5.74, 6) is 0.683. The second-order valence-electron chi connectivity index (χ2n) is 4.64. The van der Waals surface area contributed by atoms with Crippen LogP contribution in [0.5, 0.6) is 5.75 Å². The van der Waals surface area contributed by atoms with Crippen LogP contribution in [0.2, 0.25) is 5.02 Å². The molecule has 2 aromatic rings. The van der Waals surface area contributed by atoms with Crippen LogP contribution in [0.15, 0.2) is 27.9 Å². The van der Waals surface area contributed by atoms with Gasteiger partial charge in [0.1, 0.15) is 24.3 Å². The van der Waals surface area contributed by atoms with Gasteiger partial charge in [0.25, 0.3) is 5.91 Å². The number of amides is 1. The third-order valence-corrected chi connectivity index (χ3v) is 3.29. The van der Waals surface area contributed by atoms with E-state index in [2.05, 4.69) is 15.6 Å². The van der Waals surface area contributed by atoms with Crippen molar-refractivity contribution in [2.24, 2.45) is 5.16 Å². The fourth-order valence-corrected chi connectivity index (χ4v) is 2.01. The number of benzene rings is 1. The molecule has 0 atom stereocenters. The fourth-order valence-electron chi connectivity index (χ4n) is 1.84. The lowest BCUT2D eigenvalue weighted by molar-refractivity contribution is -0.110. The summed E-state index contributed by atoms with van der Waals surface area (Å²) in [4.78, 5) is 16.9. The van der Waals surface area contributed by atoms with Gasteiger partial charge in [0, 0.05) is 5.02 Å². The average Bonchev–Trinajstić information content (AvgIpc) is 2.83. The third-order valence-electron chi connectivity index (χ3n) is 3.05. The summed E-state index contributed by atoms with van der Waals surface area (Å²) in [6.45, 7) is 3.75. The number of hydrogen-bond donors (Lipinski definition) is 1. The minimum atomic E-state index is -0.468. The van der Waals surface area contributed by atoms with E-state index in [0.717, 1.165) is 17.5 Å². The first-order chi connectivity index (χ1) is 11.0. The van der Waals surface area contributed by atoms with Gasteiger partial charge in [-0.05, 0) is 32.0 Å². The van der Waals surface area contributed by atoms with E-state index in [4.69, 9.17) is 25.7 Å². The van der Waals surface area contributed by atoms with Gasteiger partial charge in [-0.15, -0.1) is 0 Å². The van der Waals surface area contributed by atoms with Gasteiger partial charge in [0.15, 0.2) is 0 Å². The molecule has 23 heavy (non-hydrogen) atoms. The monoisotopic (exact) mass is 337 g/mol. The molecule has 0 aliphatic carbocycles. The second kappa shape index (κ2) is 7.64. The molecule has 7 nitrogen and oxygen atoms in total. The minimum absolute atomic E-state index is 0.172. The standard InChI is InChI=1S/C15H16ClN3O4/c1-9-12(10(2)23-19-9)8-22-17-7-15(20)18-13-6-11(16)4-5-14(13)21-3/h4-7H,8H2,1-3H3,(H,18,20). The molecular formula is C15H16ClN3O4. The zero-order valence-corrected chi connectivity index (χ0v) is 13.7. The fraction of sp³-hybridized carbons (Fsp3) is 0.267. The number of halogens is 1. The number of aromatic nitrogens is 1. The highest BCUT2D eigenvalue weighted by Crippen LogP contribution is 2.27. The number of nitrogens with zero attached hydrogens (tertiary/aromatic N) is 2. The number of ether oxygens (including phenoxy) is 1. The summed E-state index contributed by atoms with van der Waals surface area (Å²) in [5.41, 5.74) is 1.98. The molecule has 0 spiro atoms. The number of anilines is 1. The zero-order chi connectivity index (χ0) is 16.8. The van der Waals surface area contributed by atoms with Gasteiger partial charge in [-0.2, -0.15) is 0 Å². The Balaban J connectivity index is 1.91. The number of methoxy groups -OCH3 is 1. The average molecular weight is 338 g/mol. The number of nitrogens with one attached hydrogen (secondary N) is 1. The van der Waals surface area contributed by atoms with Crippen LogP contribution in [-0.2, 0) is 16.2 Å². The van der Waals surface area contributed by atoms with Gasteiger partial charge in [-0.25, -0.2) is 0 Å². The third kappa shape index (κ3) is 4.46. The van der Waals surface area contributed by atoms with Crippen molar-refractivity contribution in [3.05, 3.63) is 40.2 Å². The molecule has 1 aromatic carbocycles. The van der Waals surface area contributed by atoms with Crippen molar-refractivity contribution in [1.82, 2.24) is 5.16 Å². The number of carbonyl (C=O) groups is 1. The largest absolute Gasteiger partial charge is 0.495 e. The van der Waals surface area contributed by atoms with Gasteiger partial charge in [0.2, 0.25) is 0 Å². The van der Waals surface area contributed by atoms with E-state index in [1.54, 1.807) is 32.0 Å². The van der Waals surface area contributed by atoms with Crippen LogP contribution in [0.3, 0.4) is 0 Å². The lowest BCUT2D eigenvalue weighted by atomic mass is 10.2. The molecule has 0 aliphatic rings.